The van der Waals surface area contributed by atoms with Crippen molar-refractivity contribution in [1.29, 1.82) is 0 Å². The minimum Gasteiger partial charge on any atom is -0.356 e. The second-order valence-electron chi connectivity index (χ2n) is 4.45. The lowest BCUT2D eigenvalue weighted by Gasteiger charge is -2.14. The lowest BCUT2D eigenvalue weighted by atomic mass is 10.0. The SMILES string of the molecule is CCC(CCBr)CNC(=O)Cc1cccc(F)c1F. The summed E-state index contributed by atoms with van der Waals surface area (Å²) in [5.41, 5.74) is 0.0889. The van der Waals surface area contributed by atoms with E-state index in [4.69, 9.17) is 0 Å². The Kier molecular flexibility index (Phi) is 6.99. The lowest BCUT2D eigenvalue weighted by Crippen LogP contribution is -2.30. The van der Waals surface area contributed by atoms with Gasteiger partial charge in [-0.2, -0.15) is 0 Å². The van der Waals surface area contributed by atoms with E-state index in [0.717, 1.165) is 24.2 Å². The molecule has 1 amide bonds. The highest BCUT2D eigenvalue weighted by Gasteiger charge is 2.13. The Morgan fingerprint density at radius 2 is 2.16 bits per heavy atom. The van der Waals surface area contributed by atoms with Crippen molar-refractivity contribution in [3.05, 3.63) is 35.4 Å². The average Bonchev–Trinajstić information content (AvgIpc) is 2.40. The first-order valence-electron chi connectivity index (χ1n) is 6.34. The van der Waals surface area contributed by atoms with Gasteiger partial charge in [-0.3, -0.25) is 4.79 Å². The van der Waals surface area contributed by atoms with Gasteiger partial charge in [0.15, 0.2) is 11.6 Å². The molecule has 1 rings (SSSR count). The fourth-order valence-corrected chi connectivity index (χ4v) is 2.43. The summed E-state index contributed by atoms with van der Waals surface area (Å²) >= 11 is 3.37. The Morgan fingerprint density at radius 3 is 2.79 bits per heavy atom. The maximum absolute atomic E-state index is 13.4. The van der Waals surface area contributed by atoms with Crippen molar-refractivity contribution >= 4 is 21.8 Å². The highest BCUT2D eigenvalue weighted by Crippen LogP contribution is 2.12. The van der Waals surface area contributed by atoms with E-state index in [9.17, 15) is 13.6 Å². The molecular formula is C14H18BrF2NO. The summed E-state index contributed by atoms with van der Waals surface area (Å²) in [7, 11) is 0. The molecule has 0 spiro atoms. The summed E-state index contributed by atoms with van der Waals surface area (Å²) in [5, 5.41) is 3.65. The quantitative estimate of drug-likeness (QED) is 0.761. The molecule has 2 nitrogen and oxygen atoms in total. The number of carbonyl (C=O) groups excluding carboxylic acids is 1. The van der Waals surface area contributed by atoms with Gasteiger partial charge in [0.1, 0.15) is 0 Å². The van der Waals surface area contributed by atoms with Gasteiger partial charge in [-0.15, -0.1) is 0 Å². The highest BCUT2D eigenvalue weighted by molar-refractivity contribution is 9.09. The molecule has 5 heteroatoms. The summed E-state index contributed by atoms with van der Waals surface area (Å²) in [6.45, 7) is 2.63. The predicted octanol–water partition coefficient (Wildman–Crippen LogP) is 3.43. The third kappa shape index (κ3) is 5.27. The largest absolute Gasteiger partial charge is 0.356 e. The first-order valence-corrected chi connectivity index (χ1v) is 7.46. The van der Waals surface area contributed by atoms with Crippen LogP contribution in [0.1, 0.15) is 25.3 Å². The Hall–Kier alpha value is -0.970. The van der Waals surface area contributed by atoms with Crippen molar-refractivity contribution < 1.29 is 13.6 Å². The standard InChI is InChI=1S/C14H18BrF2NO/c1-2-10(6-7-15)9-18-13(19)8-11-4-3-5-12(16)14(11)17/h3-5,10H,2,6-9H2,1H3,(H,18,19). The summed E-state index contributed by atoms with van der Waals surface area (Å²) in [6, 6.07) is 3.87. The van der Waals surface area contributed by atoms with Crippen molar-refractivity contribution in [1.82, 2.24) is 5.32 Å². The zero-order valence-electron chi connectivity index (χ0n) is 10.9. The molecule has 0 heterocycles. The Labute approximate surface area is 120 Å². The predicted molar refractivity (Wildman–Crippen MR) is 75.3 cm³/mol. The van der Waals surface area contributed by atoms with E-state index >= 15 is 0 Å². The molecule has 1 aromatic rings. The van der Waals surface area contributed by atoms with E-state index in [2.05, 4.69) is 28.2 Å². The fourth-order valence-electron chi connectivity index (χ4n) is 1.78. The number of hydrogen-bond acceptors (Lipinski definition) is 1. The molecule has 19 heavy (non-hydrogen) atoms. The zero-order chi connectivity index (χ0) is 14.3. The van der Waals surface area contributed by atoms with Crippen molar-refractivity contribution in [2.45, 2.75) is 26.2 Å². The van der Waals surface area contributed by atoms with Crippen LogP contribution in [0.25, 0.3) is 0 Å². The lowest BCUT2D eigenvalue weighted by molar-refractivity contribution is -0.120. The van der Waals surface area contributed by atoms with Crippen LogP contribution in [0, 0.1) is 17.6 Å². The van der Waals surface area contributed by atoms with E-state index < -0.39 is 11.6 Å². The van der Waals surface area contributed by atoms with Crippen molar-refractivity contribution in [2.24, 2.45) is 5.92 Å². The van der Waals surface area contributed by atoms with Crippen molar-refractivity contribution in [3.8, 4) is 0 Å². The number of halogens is 3. The van der Waals surface area contributed by atoms with Gasteiger partial charge >= 0.3 is 0 Å². The number of rotatable bonds is 7. The minimum absolute atomic E-state index is 0.0889. The number of nitrogens with one attached hydrogen (secondary N) is 1. The zero-order valence-corrected chi connectivity index (χ0v) is 12.5. The molecule has 0 radical (unpaired) electrons. The van der Waals surface area contributed by atoms with Crippen LogP contribution in [-0.2, 0) is 11.2 Å². The summed E-state index contributed by atoms with van der Waals surface area (Å²) in [4.78, 5) is 11.7. The van der Waals surface area contributed by atoms with Crippen molar-refractivity contribution in [2.75, 3.05) is 11.9 Å². The topological polar surface area (TPSA) is 29.1 Å². The molecule has 0 bridgehead atoms. The van der Waals surface area contributed by atoms with Gasteiger partial charge < -0.3 is 5.32 Å². The third-order valence-electron chi connectivity index (χ3n) is 3.07. The van der Waals surface area contributed by atoms with Crippen LogP contribution in [-0.4, -0.2) is 17.8 Å². The van der Waals surface area contributed by atoms with Gasteiger partial charge in [-0.25, -0.2) is 8.78 Å². The molecule has 1 aromatic carbocycles. The summed E-state index contributed by atoms with van der Waals surface area (Å²) < 4.78 is 26.4. The van der Waals surface area contributed by atoms with E-state index in [1.165, 1.54) is 12.1 Å². The Bertz CT molecular complexity index is 426. The molecule has 0 aromatic heterocycles. The average molecular weight is 334 g/mol. The van der Waals surface area contributed by atoms with E-state index in [-0.39, 0.29) is 17.9 Å². The fraction of sp³-hybridized carbons (Fsp3) is 0.500. The second kappa shape index (κ2) is 8.25. The highest BCUT2D eigenvalue weighted by atomic mass is 79.9. The van der Waals surface area contributed by atoms with Gasteiger partial charge in [0.25, 0.3) is 0 Å². The van der Waals surface area contributed by atoms with Gasteiger partial charge in [-0.05, 0) is 18.4 Å². The number of benzene rings is 1. The van der Waals surface area contributed by atoms with E-state index in [1.807, 2.05) is 0 Å². The maximum atomic E-state index is 13.4. The summed E-state index contributed by atoms with van der Waals surface area (Å²) in [5.74, 6) is -1.74. The van der Waals surface area contributed by atoms with Gasteiger partial charge in [-0.1, -0.05) is 41.4 Å². The Morgan fingerprint density at radius 1 is 1.42 bits per heavy atom. The normalized spacial score (nSPS) is 12.2. The molecule has 106 valence electrons. The first-order chi connectivity index (χ1) is 9.08. The molecular weight excluding hydrogens is 316 g/mol. The molecule has 0 fully saturated rings. The molecule has 0 aliphatic rings. The minimum atomic E-state index is -0.940. The number of alkyl halides is 1. The maximum Gasteiger partial charge on any atom is 0.224 e. The molecule has 0 saturated carbocycles. The Balaban J connectivity index is 2.49. The molecule has 1 unspecified atom stereocenters. The van der Waals surface area contributed by atoms with Gasteiger partial charge in [0.05, 0.1) is 6.42 Å². The van der Waals surface area contributed by atoms with Gasteiger partial charge in [0, 0.05) is 17.4 Å². The van der Waals surface area contributed by atoms with E-state index in [0.29, 0.717) is 12.5 Å². The number of carbonyl (C=O) groups is 1. The molecule has 1 atom stereocenters. The first kappa shape index (κ1) is 16.1. The molecule has 0 saturated heterocycles. The van der Waals surface area contributed by atoms with Crippen LogP contribution in [0.15, 0.2) is 18.2 Å². The van der Waals surface area contributed by atoms with Crippen molar-refractivity contribution in [3.63, 3.8) is 0 Å². The third-order valence-corrected chi connectivity index (χ3v) is 3.52. The molecule has 1 N–H and O–H groups in total. The van der Waals surface area contributed by atoms with Crippen LogP contribution < -0.4 is 5.32 Å². The van der Waals surface area contributed by atoms with Crippen LogP contribution in [0.5, 0.6) is 0 Å². The number of amides is 1. The van der Waals surface area contributed by atoms with Crippen LogP contribution in [0.4, 0.5) is 8.78 Å². The molecule has 0 aliphatic carbocycles. The summed E-state index contributed by atoms with van der Waals surface area (Å²) in [6.07, 6.45) is 1.82. The van der Waals surface area contributed by atoms with Gasteiger partial charge in [0.2, 0.25) is 5.91 Å². The van der Waals surface area contributed by atoms with E-state index in [1.54, 1.807) is 0 Å². The number of hydrogen-bond donors (Lipinski definition) is 1. The van der Waals surface area contributed by atoms with Crippen LogP contribution in [0.3, 0.4) is 0 Å². The molecule has 0 aliphatic heterocycles. The second-order valence-corrected chi connectivity index (χ2v) is 5.24. The van der Waals surface area contributed by atoms with Crippen LogP contribution in [0.2, 0.25) is 0 Å². The smallest absolute Gasteiger partial charge is 0.224 e. The van der Waals surface area contributed by atoms with Crippen LogP contribution >= 0.6 is 15.9 Å². The monoisotopic (exact) mass is 333 g/mol.